The molecule has 0 aliphatic heterocycles. The SMILES string of the molecule is CCc1ccc(Cn2c(CCc3ccccc3)nnc2C(Cc2c[nH]c3ccccc23)NC(=O)Cc2cccnc2)cc1. The van der Waals surface area contributed by atoms with Gasteiger partial charge in [-0.05, 0) is 52.8 Å². The number of fused-ring (bicyclic) bond motifs is 1. The molecule has 6 rings (SSSR count). The number of hydrogen-bond donors (Lipinski definition) is 2. The van der Waals surface area contributed by atoms with Crippen LogP contribution in [0.25, 0.3) is 10.9 Å². The molecule has 1 atom stereocenters. The quantitative estimate of drug-likeness (QED) is 0.184. The first-order valence-electron chi connectivity index (χ1n) is 14.9. The van der Waals surface area contributed by atoms with Gasteiger partial charge in [0.25, 0.3) is 0 Å². The minimum atomic E-state index is -0.378. The van der Waals surface area contributed by atoms with Crippen molar-refractivity contribution in [3.8, 4) is 0 Å². The molecule has 1 amide bonds. The Labute approximate surface area is 252 Å². The third kappa shape index (κ3) is 6.89. The van der Waals surface area contributed by atoms with Gasteiger partial charge in [0, 0.05) is 42.3 Å². The Bertz CT molecular complexity index is 1770. The molecule has 43 heavy (non-hydrogen) atoms. The fraction of sp³-hybridized carbons (Fsp3) is 0.222. The molecule has 216 valence electrons. The Morgan fingerprint density at radius 2 is 1.60 bits per heavy atom. The highest BCUT2D eigenvalue weighted by atomic mass is 16.1. The summed E-state index contributed by atoms with van der Waals surface area (Å²) in [6.07, 6.45) is 8.90. The predicted octanol–water partition coefficient (Wildman–Crippen LogP) is 6.19. The summed E-state index contributed by atoms with van der Waals surface area (Å²) in [5.41, 5.74) is 6.79. The molecule has 2 N–H and O–H groups in total. The zero-order valence-corrected chi connectivity index (χ0v) is 24.4. The Kier molecular flexibility index (Phi) is 8.69. The summed E-state index contributed by atoms with van der Waals surface area (Å²) in [6, 6.07) is 30.8. The molecule has 3 heterocycles. The van der Waals surface area contributed by atoms with Crippen LogP contribution in [0.3, 0.4) is 0 Å². The van der Waals surface area contributed by atoms with Crippen LogP contribution < -0.4 is 5.32 Å². The van der Waals surface area contributed by atoms with Gasteiger partial charge in [-0.25, -0.2) is 0 Å². The third-order valence-corrected chi connectivity index (χ3v) is 7.94. The number of pyridine rings is 1. The number of carbonyl (C=O) groups excluding carboxylic acids is 1. The fourth-order valence-electron chi connectivity index (χ4n) is 5.59. The predicted molar refractivity (Wildman–Crippen MR) is 170 cm³/mol. The van der Waals surface area contributed by atoms with Gasteiger partial charge in [0.15, 0.2) is 5.82 Å². The lowest BCUT2D eigenvalue weighted by Crippen LogP contribution is -2.33. The molecular weight excluding hydrogens is 532 g/mol. The first kappa shape index (κ1) is 28.1. The van der Waals surface area contributed by atoms with E-state index in [1.54, 1.807) is 12.4 Å². The van der Waals surface area contributed by atoms with Crippen molar-refractivity contribution in [2.45, 2.75) is 51.6 Å². The van der Waals surface area contributed by atoms with Crippen LogP contribution in [0.4, 0.5) is 0 Å². The van der Waals surface area contributed by atoms with E-state index in [2.05, 4.69) is 87.4 Å². The Balaban J connectivity index is 1.36. The van der Waals surface area contributed by atoms with Gasteiger partial charge in [-0.3, -0.25) is 9.78 Å². The number of carbonyl (C=O) groups is 1. The number of aryl methyl sites for hydroxylation is 3. The molecule has 7 heteroatoms. The van der Waals surface area contributed by atoms with Crippen molar-refractivity contribution in [1.29, 1.82) is 0 Å². The van der Waals surface area contributed by atoms with Crippen LogP contribution in [0.5, 0.6) is 0 Å². The number of amides is 1. The summed E-state index contributed by atoms with van der Waals surface area (Å²) in [7, 11) is 0. The second kappa shape index (κ2) is 13.3. The second-order valence-electron chi connectivity index (χ2n) is 10.9. The van der Waals surface area contributed by atoms with E-state index in [1.165, 1.54) is 16.7 Å². The van der Waals surface area contributed by atoms with E-state index in [0.29, 0.717) is 13.0 Å². The highest BCUT2D eigenvalue weighted by Crippen LogP contribution is 2.26. The minimum Gasteiger partial charge on any atom is -0.361 e. The van der Waals surface area contributed by atoms with E-state index >= 15 is 0 Å². The fourth-order valence-corrected chi connectivity index (χ4v) is 5.59. The lowest BCUT2D eigenvalue weighted by atomic mass is 10.0. The Morgan fingerprint density at radius 1 is 0.837 bits per heavy atom. The zero-order valence-electron chi connectivity index (χ0n) is 24.4. The number of rotatable bonds is 12. The Morgan fingerprint density at radius 3 is 2.40 bits per heavy atom. The van der Waals surface area contributed by atoms with Gasteiger partial charge in [-0.15, -0.1) is 10.2 Å². The van der Waals surface area contributed by atoms with Crippen LogP contribution in [0, 0.1) is 0 Å². The van der Waals surface area contributed by atoms with Gasteiger partial charge in [0.05, 0.1) is 19.0 Å². The minimum absolute atomic E-state index is 0.0782. The largest absolute Gasteiger partial charge is 0.361 e. The van der Waals surface area contributed by atoms with Gasteiger partial charge in [0.1, 0.15) is 5.82 Å². The number of benzene rings is 3. The average Bonchev–Trinajstić information content (AvgIpc) is 3.64. The van der Waals surface area contributed by atoms with Crippen LogP contribution in [0.1, 0.15) is 52.4 Å². The van der Waals surface area contributed by atoms with Crippen molar-refractivity contribution in [1.82, 2.24) is 30.0 Å². The normalized spacial score (nSPS) is 11.9. The van der Waals surface area contributed by atoms with Gasteiger partial charge in [-0.1, -0.05) is 85.8 Å². The number of para-hydroxylation sites is 1. The maximum absolute atomic E-state index is 13.4. The van der Waals surface area contributed by atoms with Crippen LogP contribution in [-0.4, -0.2) is 30.6 Å². The van der Waals surface area contributed by atoms with Crippen LogP contribution in [0.2, 0.25) is 0 Å². The van der Waals surface area contributed by atoms with Gasteiger partial charge < -0.3 is 14.9 Å². The summed E-state index contributed by atoms with van der Waals surface area (Å²) in [4.78, 5) is 21.0. The summed E-state index contributed by atoms with van der Waals surface area (Å²) < 4.78 is 2.20. The molecule has 1 unspecified atom stereocenters. The van der Waals surface area contributed by atoms with E-state index in [1.807, 2.05) is 36.5 Å². The summed E-state index contributed by atoms with van der Waals surface area (Å²) in [5.74, 6) is 1.59. The van der Waals surface area contributed by atoms with Gasteiger partial charge in [-0.2, -0.15) is 0 Å². The molecule has 0 spiro atoms. The zero-order chi connectivity index (χ0) is 29.4. The standard InChI is InChI=1S/C36H36N6O/c1-2-26-14-16-28(17-15-26)25-42-34(19-18-27-9-4-3-5-10-27)40-41-36(42)33(39-35(43)21-29-11-8-20-37-23-29)22-30-24-38-32-13-7-6-12-31(30)32/h3-17,20,23-24,33,38H,2,18-19,21-22,25H2,1H3,(H,39,43). The van der Waals surface area contributed by atoms with Crippen molar-refractivity contribution in [2.24, 2.45) is 0 Å². The first-order chi connectivity index (χ1) is 21.2. The number of H-pyrrole nitrogens is 1. The highest BCUT2D eigenvalue weighted by Gasteiger charge is 2.25. The third-order valence-electron chi connectivity index (χ3n) is 7.94. The lowest BCUT2D eigenvalue weighted by Gasteiger charge is -2.20. The average molecular weight is 569 g/mol. The summed E-state index contributed by atoms with van der Waals surface area (Å²) >= 11 is 0. The van der Waals surface area contributed by atoms with E-state index < -0.39 is 0 Å². The molecule has 0 radical (unpaired) electrons. The van der Waals surface area contributed by atoms with Crippen molar-refractivity contribution in [2.75, 3.05) is 0 Å². The van der Waals surface area contributed by atoms with Crippen molar-refractivity contribution < 1.29 is 4.79 Å². The summed E-state index contributed by atoms with van der Waals surface area (Å²) in [6.45, 7) is 2.79. The number of aromatic nitrogens is 5. The second-order valence-corrected chi connectivity index (χ2v) is 10.9. The van der Waals surface area contributed by atoms with Crippen LogP contribution >= 0.6 is 0 Å². The van der Waals surface area contributed by atoms with Crippen molar-refractivity contribution in [3.63, 3.8) is 0 Å². The van der Waals surface area contributed by atoms with Gasteiger partial charge in [0.2, 0.25) is 5.91 Å². The first-order valence-corrected chi connectivity index (χ1v) is 14.9. The molecule has 0 saturated heterocycles. The molecule has 0 aliphatic rings. The molecule has 0 saturated carbocycles. The van der Waals surface area contributed by atoms with E-state index in [-0.39, 0.29) is 18.4 Å². The van der Waals surface area contributed by atoms with Gasteiger partial charge >= 0.3 is 0 Å². The molecular formula is C36H36N6O. The number of hydrogen-bond acceptors (Lipinski definition) is 4. The van der Waals surface area contributed by atoms with E-state index in [0.717, 1.165) is 52.9 Å². The topological polar surface area (TPSA) is 88.5 Å². The molecule has 0 bridgehead atoms. The van der Waals surface area contributed by atoms with Crippen molar-refractivity contribution in [3.05, 3.63) is 149 Å². The number of aromatic amines is 1. The molecule has 0 fully saturated rings. The monoisotopic (exact) mass is 568 g/mol. The highest BCUT2D eigenvalue weighted by molar-refractivity contribution is 5.83. The molecule has 0 aliphatic carbocycles. The maximum Gasteiger partial charge on any atom is 0.225 e. The summed E-state index contributed by atoms with van der Waals surface area (Å²) in [5, 5.41) is 13.9. The number of nitrogens with one attached hydrogen (secondary N) is 2. The molecule has 3 aromatic heterocycles. The number of nitrogens with zero attached hydrogens (tertiary/aromatic N) is 4. The Hall–Kier alpha value is -5.04. The lowest BCUT2D eigenvalue weighted by molar-refractivity contribution is -0.121. The smallest absolute Gasteiger partial charge is 0.225 e. The van der Waals surface area contributed by atoms with Crippen molar-refractivity contribution >= 4 is 16.8 Å². The van der Waals surface area contributed by atoms with Crippen LogP contribution in [0.15, 0.2) is 110 Å². The van der Waals surface area contributed by atoms with E-state index in [9.17, 15) is 4.79 Å². The van der Waals surface area contributed by atoms with E-state index in [4.69, 9.17) is 10.2 Å². The molecule has 6 aromatic rings. The molecule has 7 nitrogen and oxygen atoms in total. The van der Waals surface area contributed by atoms with Crippen LogP contribution in [-0.2, 0) is 43.4 Å². The molecule has 3 aromatic carbocycles. The maximum atomic E-state index is 13.4.